The van der Waals surface area contributed by atoms with Crippen molar-refractivity contribution in [3.8, 4) is 0 Å². The Labute approximate surface area is 114 Å². The molecule has 0 atom stereocenters. The molecule has 1 aromatic rings. The van der Waals surface area contributed by atoms with Crippen LogP contribution in [-0.2, 0) is 0 Å². The zero-order valence-corrected chi connectivity index (χ0v) is 10.7. The van der Waals surface area contributed by atoms with Gasteiger partial charge in [-0.2, -0.15) is 0 Å². The van der Waals surface area contributed by atoms with Crippen LogP contribution in [0.3, 0.4) is 0 Å². The average molecular weight is 272 g/mol. The first-order chi connectivity index (χ1) is 8.69. The van der Waals surface area contributed by atoms with Crippen LogP contribution in [0.1, 0.15) is 21.3 Å². The van der Waals surface area contributed by atoms with E-state index in [-0.39, 0.29) is 26.3 Å². The molecule has 0 spiro atoms. The molecule has 0 saturated heterocycles. The van der Waals surface area contributed by atoms with Crippen molar-refractivity contribution in [1.29, 1.82) is 0 Å². The number of rotatable bonds is 6. The Morgan fingerprint density at radius 1 is 1.11 bits per heavy atom. The third kappa shape index (κ3) is 6.73. The molecule has 0 aliphatic carbocycles. The molecule has 0 amide bonds. The van der Waals surface area contributed by atoms with Gasteiger partial charge in [0.25, 0.3) is 5.69 Å². The molecule has 0 unspecified atom stereocenters. The van der Waals surface area contributed by atoms with Crippen molar-refractivity contribution in [2.75, 3.05) is 31.2 Å². The Balaban J connectivity index is 0. The number of benzene rings is 1. The van der Waals surface area contributed by atoms with E-state index < -0.39 is 4.92 Å². The zero-order chi connectivity index (χ0) is 14.0. The normalized spacial score (nSPS) is 8.84. The van der Waals surface area contributed by atoms with E-state index in [0.717, 1.165) is 5.69 Å². The lowest BCUT2D eigenvalue weighted by molar-refractivity contribution is -0.384. The van der Waals surface area contributed by atoms with Gasteiger partial charge in [-0.1, -0.05) is 21.3 Å². The average Bonchev–Trinajstić information content (AvgIpc) is 2.41. The van der Waals surface area contributed by atoms with Gasteiger partial charge in [0.05, 0.1) is 18.1 Å². The first-order valence-corrected chi connectivity index (χ1v) is 5.90. The second-order valence-corrected chi connectivity index (χ2v) is 3.21. The standard InChI is InChI=1S/C10H14N2O4.C2H6.CH4/c13-7-5-11(6-8-14)9-1-3-10(4-2-9)12(15)16;1-2;/h1-4,13-14H,5-8H2;1-2H3;1H4. The molecule has 0 radical (unpaired) electrons. The second kappa shape index (κ2) is 11.4. The number of aliphatic hydroxyl groups excluding tert-OH is 2. The SMILES string of the molecule is C.CC.O=[N+]([O-])c1ccc(N(CCO)CCO)cc1. The Morgan fingerprint density at radius 2 is 1.53 bits per heavy atom. The van der Waals surface area contributed by atoms with Gasteiger partial charge < -0.3 is 15.1 Å². The molecular weight excluding hydrogens is 248 g/mol. The van der Waals surface area contributed by atoms with Crippen molar-refractivity contribution < 1.29 is 15.1 Å². The summed E-state index contributed by atoms with van der Waals surface area (Å²) >= 11 is 0. The van der Waals surface area contributed by atoms with E-state index in [4.69, 9.17) is 10.2 Å². The summed E-state index contributed by atoms with van der Waals surface area (Å²) in [5.41, 5.74) is 0.769. The van der Waals surface area contributed by atoms with Crippen LogP contribution in [0, 0.1) is 10.1 Å². The van der Waals surface area contributed by atoms with E-state index in [2.05, 4.69) is 0 Å². The van der Waals surface area contributed by atoms with Gasteiger partial charge >= 0.3 is 0 Å². The molecule has 6 heteroatoms. The molecule has 19 heavy (non-hydrogen) atoms. The Hall–Kier alpha value is -1.66. The Bertz CT molecular complexity index is 335. The van der Waals surface area contributed by atoms with Gasteiger partial charge in [-0.05, 0) is 12.1 Å². The summed E-state index contributed by atoms with van der Waals surface area (Å²) < 4.78 is 0. The molecule has 0 saturated carbocycles. The first-order valence-electron chi connectivity index (χ1n) is 5.90. The third-order valence-electron chi connectivity index (χ3n) is 2.17. The number of aliphatic hydroxyl groups is 2. The predicted molar refractivity (Wildman–Crippen MR) is 77.6 cm³/mol. The topological polar surface area (TPSA) is 86.8 Å². The molecule has 6 nitrogen and oxygen atoms in total. The molecule has 110 valence electrons. The van der Waals surface area contributed by atoms with Gasteiger partial charge in [-0.15, -0.1) is 0 Å². The maximum absolute atomic E-state index is 10.4. The lowest BCUT2D eigenvalue weighted by Crippen LogP contribution is -2.29. The van der Waals surface area contributed by atoms with Gasteiger partial charge in [0.1, 0.15) is 0 Å². The molecule has 0 aliphatic heterocycles. The van der Waals surface area contributed by atoms with Crippen molar-refractivity contribution in [2.45, 2.75) is 21.3 Å². The monoisotopic (exact) mass is 272 g/mol. The van der Waals surface area contributed by atoms with Gasteiger partial charge in [-0.25, -0.2) is 0 Å². The molecule has 0 bridgehead atoms. The van der Waals surface area contributed by atoms with Crippen LogP contribution in [0.4, 0.5) is 11.4 Å². The number of nitrogens with zero attached hydrogens (tertiary/aromatic N) is 2. The lowest BCUT2D eigenvalue weighted by atomic mass is 10.2. The number of hydrogen-bond donors (Lipinski definition) is 2. The highest BCUT2D eigenvalue weighted by Crippen LogP contribution is 2.18. The highest BCUT2D eigenvalue weighted by Gasteiger charge is 2.08. The minimum Gasteiger partial charge on any atom is -0.395 e. The molecule has 1 aromatic carbocycles. The summed E-state index contributed by atoms with van der Waals surface area (Å²) in [6, 6.07) is 6.00. The van der Waals surface area contributed by atoms with E-state index in [1.807, 2.05) is 13.8 Å². The maximum atomic E-state index is 10.4. The van der Waals surface area contributed by atoms with E-state index in [0.29, 0.717) is 13.1 Å². The van der Waals surface area contributed by atoms with Gasteiger partial charge in [0.2, 0.25) is 0 Å². The summed E-state index contributed by atoms with van der Waals surface area (Å²) in [6.07, 6.45) is 0. The van der Waals surface area contributed by atoms with Gasteiger partial charge in [0.15, 0.2) is 0 Å². The lowest BCUT2D eigenvalue weighted by Gasteiger charge is -2.22. The van der Waals surface area contributed by atoms with Gasteiger partial charge in [-0.3, -0.25) is 10.1 Å². The molecule has 0 aromatic heterocycles. The first kappa shape index (κ1) is 19.7. The molecule has 0 aliphatic rings. The Kier molecular flexibility index (Phi) is 11.8. The van der Waals surface area contributed by atoms with Crippen molar-refractivity contribution >= 4 is 11.4 Å². The van der Waals surface area contributed by atoms with E-state index in [1.54, 1.807) is 17.0 Å². The molecule has 0 heterocycles. The maximum Gasteiger partial charge on any atom is 0.269 e. The summed E-state index contributed by atoms with van der Waals surface area (Å²) in [6.45, 7) is 4.71. The highest BCUT2D eigenvalue weighted by molar-refractivity contribution is 5.50. The fraction of sp³-hybridized carbons (Fsp3) is 0.538. The number of hydrogen-bond acceptors (Lipinski definition) is 5. The number of anilines is 1. The predicted octanol–water partition coefficient (Wildman–Crippen LogP) is 2.05. The third-order valence-corrected chi connectivity index (χ3v) is 2.17. The van der Waals surface area contributed by atoms with E-state index in [9.17, 15) is 10.1 Å². The summed E-state index contributed by atoms with van der Waals surface area (Å²) in [7, 11) is 0. The van der Waals surface area contributed by atoms with Crippen molar-refractivity contribution in [1.82, 2.24) is 0 Å². The largest absolute Gasteiger partial charge is 0.395 e. The fourth-order valence-corrected chi connectivity index (χ4v) is 1.40. The van der Waals surface area contributed by atoms with Crippen molar-refractivity contribution in [2.24, 2.45) is 0 Å². The van der Waals surface area contributed by atoms with Crippen LogP contribution in [0.25, 0.3) is 0 Å². The summed E-state index contributed by atoms with van der Waals surface area (Å²) in [5.74, 6) is 0. The molecule has 1 rings (SSSR count). The molecule has 2 N–H and O–H groups in total. The smallest absolute Gasteiger partial charge is 0.269 e. The fourth-order valence-electron chi connectivity index (χ4n) is 1.40. The minimum absolute atomic E-state index is 0. The zero-order valence-electron chi connectivity index (χ0n) is 10.7. The summed E-state index contributed by atoms with van der Waals surface area (Å²) in [5, 5.41) is 28.1. The number of nitro groups is 1. The Morgan fingerprint density at radius 3 is 1.84 bits per heavy atom. The van der Waals surface area contributed by atoms with Crippen LogP contribution in [0.5, 0.6) is 0 Å². The quantitative estimate of drug-likeness (QED) is 0.611. The minimum atomic E-state index is -0.466. The second-order valence-electron chi connectivity index (χ2n) is 3.21. The highest BCUT2D eigenvalue weighted by atomic mass is 16.6. The van der Waals surface area contributed by atoms with Crippen molar-refractivity contribution in [3.05, 3.63) is 34.4 Å². The van der Waals surface area contributed by atoms with Gasteiger partial charge in [0, 0.05) is 30.9 Å². The van der Waals surface area contributed by atoms with Crippen molar-refractivity contribution in [3.63, 3.8) is 0 Å². The van der Waals surface area contributed by atoms with E-state index in [1.165, 1.54) is 12.1 Å². The summed E-state index contributed by atoms with van der Waals surface area (Å²) in [4.78, 5) is 11.7. The number of nitro benzene ring substituents is 1. The van der Waals surface area contributed by atoms with E-state index >= 15 is 0 Å². The van der Waals surface area contributed by atoms with Crippen LogP contribution in [-0.4, -0.2) is 41.4 Å². The van der Waals surface area contributed by atoms with Crippen LogP contribution >= 0.6 is 0 Å². The molecule has 0 fully saturated rings. The van der Waals surface area contributed by atoms with Crippen LogP contribution in [0.15, 0.2) is 24.3 Å². The molecular formula is C13H24N2O4. The number of non-ortho nitro benzene ring substituents is 1. The van der Waals surface area contributed by atoms with Crippen LogP contribution < -0.4 is 4.90 Å². The van der Waals surface area contributed by atoms with Crippen LogP contribution in [0.2, 0.25) is 0 Å².